The van der Waals surface area contributed by atoms with Crippen LogP contribution < -0.4 is 0 Å². The van der Waals surface area contributed by atoms with Crippen molar-refractivity contribution in [3.05, 3.63) is 35.9 Å². The zero-order chi connectivity index (χ0) is 14.7. The summed E-state index contributed by atoms with van der Waals surface area (Å²) in [5.74, 6) is 1.02. The first-order valence-electron chi connectivity index (χ1n) is 7.97. The third-order valence-corrected chi connectivity index (χ3v) is 4.72. The van der Waals surface area contributed by atoms with Crippen molar-refractivity contribution in [3.8, 4) is 0 Å². The molecule has 0 unspecified atom stereocenters. The van der Waals surface area contributed by atoms with Crippen LogP contribution >= 0.6 is 0 Å². The maximum Gasteiger partial charge on any atom is 0.226 e. The first kappa shape index (κ1) is 15.1. The average molecular weight is 273 g/mol. The molecule has 1 aromatic carbocycles. The van der Waals surface area contributed by atoms with Crippen molar-refractivity contribution in [1.29, 1.82) is 0 Å². The number of rotatable bonds is 6. The first-order valence-corrected chi connectivity index (χ1v) is 7.97. The van der Waals surface area contributed by atoms with Crippen LogP contribution in [0.25, 0.3) is 0 Å². The Hall–Kier alpha value is -1.31. The van der Waals surface area contributed by atoms with Crippen LogP contribution in [0.1, 0.15) is 58.4 Å². The van der Waals surface area contributed by atoms with Crippen molar-refractivity contribution in [2.24, 2.45) is 5.92 Å². The summed E-state index contributed by atoms with van der Waals surface area (Å²) in [4.78, 5) is 14.9. The molecule has 1 aliphatic carbocycles. The van der Waals surface area contributed by atoms with Crippen molar-refractivity contribution >= 4 is 5.91 Å². The van der Waals surface area contributed by atoms with Crippen LogP contribution in [0.15, 0.2) is 30.3 Å². The van der Waals surface area contributed by atoms with E-state index >= 15 is 0 Å². The van der Waals surface area contributed by atoms with E-state index in [1.165, 1.54) is 5.56 Å². The highest BCUT2D eigenvalue weighted by Gasteiger charge is 2.46. The van der Waals surface area contributed by atoms with Gasteiger partial charge < -0.3 is 4.90 Å². The van der Waals surface area contributed by atoms with E-state index in [4.69, 9.17) is 0 Å². The van der Waals surface area contributed by atoms with Crippen molar-refractivity contribution in [2.75, 3.05) is 0 Å². The number of hydrogen-bond acceptors (Lipinski definition) is 1. The van der Waals surface area contributed by atoms with Crippen molar-refractivity contribution < 1.29 is 4.79 Å². The third kappa shape index (κ3) is 3.05. The molecule has 0 saturated heterocycles. The van der Waals surface area contributed by atoms with Crippen LogP contribution in [-0.4, -0.2) is 22.9 Å². The smallest absolute Gasteiger partial charge is 0.226 e. The highest BCUT2D eigenvalue weighted by Crippen LogP contribution is 2.48. The topological polar surface area (TPSA) is 20.3 Å². The molecule has 110 valence electrons. The standard InChI is InChI=1S/C18H27NO/c1-5-13(3)19(14(4)6-2)18(20)17-12-16(17)15-10-8-7-9-11-15/h7-11,13-14,16-17H,5-6,12H2,1-4H3/t13-,14-,16+,17-/m0/s1. The highest BCUT2D eigenvalue weighted by atomic mass is 16.2. The number of nitrogens with zero attached hydrogens (tertiary/aromatic N) is 1. The van der Waals surface area contributed by atoms with Crippen LogP contribution in [0, 0.1) is 5.92 Å². The normalized spacial score (nSPS) is 24.0. The van der Waals surface area contributed by atoms with Gasteiger partial charge in [-0.25, -0.2) is 0 Å². The van der Waals surface area contributed by atoms with E-state index in [1.54, 1.807) is 0 Å². The molecule has 1 saturated carbocycles. The second-order valence-corrected chi connectivity index (χ2v) is 6.12. The Bertz CT molecular complexity index is 432. The molecule has 0 heterocycles. The molecule has 2 rings (SSSR count). The second kappa shape index (κ2) is 6.43. The SMILES string of the molecule is CC[C@H](C)N(C(=O)[C@H]1C[C@@H]1c1ccccc1)[C@@H](C)CC. The monoisotopic (exact) mass is 273 g/mol. The molecule has 1 fully saturated rings. The molecule has 2 nitrogen and oxygen atoms in total. The van der Waals surface area contributed by atoms with Gasteiger partial charge in [-0.3, -0.25) is 4.79 Å². The van der Waals surface area contributed by atoms with Gasteiger partial charge in [-0.2, -0.15) is 0 Å². The van der Waals surface area contributed by atoms with E-state index in [0.717, 1.165) is 19.3 Å². The van der Waals surface area contributed by atoms with Gasteiger partial charge in [0, 0.05) is 18.0 Å². The summed E-state index contributed by atoms with van der Waals surface area (Å²) in [6, 6.07) is 11.1. The summed E-state index contributed by atoms with van der Waals surface area (Å²) in [6.07, 6.45) is 3.07. The summed E-state index contributed by atoms with van der Waals surface area (Å²) < 4.78 is 0. The molecule has 0 aromatic heterocycles. The molecule has 1 aliphatic rings. The Balaban J connectivity index is 2.07. The van der Waals surface area contributed by atoms with Crippen LogP contribution in [0.5, 0.6) is 0 Å². The Morgan fingerprint density at radius 3 is 2.20 bits per heavy atom. The van der Waals surface area contributed by atoms with E-state index in [-0.39, 0.29) is 5.92 Å². The predicted octanol–water partition coefficient (Wildman–Crippen LogP) is 4.22. The van der Waals surface area contributed by atoms with Gasteiger partial charge in [0.1, 0.15) is 0 Å². The van der Waals surface area contributed by atoms with E-state index in [0.29, 0.717) is 23.9 Å². The molecule has 1 amide bonds. The molecule has 0 spiro atoms. The fourth-order valence-corrected chi connectivity index (χ4v) is 2.99. The fourth-order valence-electron chi connectivity index (χ4n) is 2.99. The molecule has 20 heavy (non-hydrogen) atoms. The molecule has 0 aliphatic heterocycles. The van der Waals surface area contributed by atoms with Gasteiger partial charge in [0.2, 0.25) is 5.91 Å². The first-order chi connectivity index (χ1) is 9.60. The summed E-state index contributed by atoms with van der Waals surface area (Å²) in [6.45, 7) is 8.66. The Kier molecular flexibility index (Phi) is 4.85. The number of carbonyl (C=O) groups is 1. The molecule has 0 radical (unpaired) electrons. The minimum absolute atomic E-state index is 0.209. The molecular formula is C18H27NO. The Morgan fingerprint density at radius 1 is 1.15 bits per heavy atom. The third-order valence-electron chi connectivity index (χ3n) is 4.72. The fraction of sp³-hybridized carbons (Fsp3) is 0.611. The summed E-state index contributed by atoms with van der Waals surface area (Å²) in [5.41, 5.74) is 1.32. The molecule has 4 atom stereocenters. The zero-order valence-corrected chi connectivity index (χ0v) is 13.2. The van der Waals surface area contributed by atoms with E-state index < -0.39 is 0 Å². The van der Waals surface area contributed by atoms with Crippen LogP contribution in [0.4, 0.5) is 0 Å². The van der Waals surface area contributed by atoms with E-state index in [2.05, 4.69) is 56.9 Å². The Morgan fingerprint density at radius 2 is 1.70 bits per heavy atom. The van der Waals surface area contributed by atoms with Crippen molar-refractivity contribution in [1.82, 2.24) is 4.90 Å². The van der Waals surface area contributed by atoms with Crippen LogP contribution in [0.3, 0.4) is 0 Å². The lowest BCUT2D eigenvalue weighted by atomic mass is 10.1. The minimum Gasteiger partial charge on any atom is -0.337 e. The Labute approximate surface area is 123 Å². The molecule has 0 bridgehead atoms. The maximum atomic E-state index is 12.8. The zero-order valence-electron chi connectivity index (χ0n) is 13.2. The van der Waals surface area contributed by atoms with Gasteiger partial charge in [0.15, 0.2) is 0 Å². The molecular weight excluding hydrogens is 246 g/mol. The van der Waals surface area contributed by atoms with Gasteiger partial charge in [-0.1, -0.05) is 44.2 Å². The lowest BCUT2D eigenvalue weighted by Gasteiger charge is -2.34. The van der Waals surface area contributed by atoms with Gasteiger partial charge in [-0.05, 0) is 44.6 Å². The number of hydrogen-bond donors (Lipinski definition) is 0. The maximum absolute atomic E-state index is 12.8. The molecule has 2 heteroatoms. The summed E-state index contributed by atoms with van der Waals surface area (Å²) >= 11 is 0. The number of carbonyl (C=O) groups excluding carboxylic acids is 1. The van der Waals surface area contributed by atoms with Crippen molar-refractivity contribution in [3.63, 3.8) is 0 Å². The summed E-state index contributed by atoms with van der Waals surface area (Å²) in [5, 5.41) is 0. The minimum atomic E-state index is 0.209. The molecule has 0 N–H and O–H groups in total. The lowest BCUT2D eigenvalue weighted by molar-refractivity contribution is -0.137. The van der Waals surface area contributed by atoms with Crippen LogP contribution in [0.2, 0.25) is 0 Å². The van der Waals surface area contributed by atoms with E-state index in [1.807, 2.05) is 6.07 Å². The van der Waals surface area contributed by atoms with Crippen LogP contribution in [-0.2, 0) is 4.79 Å². The largest absolute Gasteiger partial charge is 0.337 e. The van der Waals surface area contributed by atoms with Gasteiger partial charge in [0.05, 0.1) is 0 Å². The second-order valence-electron chi connectivity index (χ2n) is 6.12. The molecule has 1 aromatic rings. The average Bonchev–Trinajstić information content (AvgIpc) is 3.28. The number of benzene rings is 1. The lowest BCUT2D eigenvalue weighted by Crippen LogP contribution is -2.45. The van der Waals surface area contributed by atoms with E-state index in [9.17, 15) is 4.79 Å². The van der Waals surface area contributed by atoms with Crippen molar-refractivity contribution in [2.45, 2.75) is 65.0 Å². The van der Waals surface area contributed by atoms with Gasteiger partial charge in [0.25, 0.3) is 0 Å². The number of amides is 1. The van der Waals surface area contributed by atoms with Gasteiger partial charge in [-0.15, -0.1) is 0 Å². The summed E-state index contributed by atoms with van der Waals surface area (Å²) in [7, 11) is 0. The predicted molar refractivity (Wildman–Crippen MR) is 83.6 cm³/mol. The highest BCUT2D eigenvalue weighted by molar-refractivity contribution is 5.83. The van der Waals surface area contributed by atoms with Gasteiger partial charge >= 0.3 is 0 Å². The quantitative estimate of drug-likeness (QED) is 0.760.